The molecule has 6 aromatic heterocycles. The first-order valence-corrected chi connectivity index (χ1v) is 31.3. The van der Waals surface area contributed by atoms with Gasteiger partial charge in [-0.05, 0) is 154 Å². The summed E-state index contributed by atoms with van der Waals surface area (Å²) in [6.45, 7) is 32.2. The highest BCUT2D eigenvalue weighted by atomic mass is 15.1. The van der Waals surface area contributed by atoms with Crippen molar-refractivity contribution in [3.05, 3.63) is 240 Å². The number of hydrogen-bond donors (Lipinski definition) is 0. The van der Waals surface area contributed by atoms with Gasteiger partial charge in [0.1, 0.15) is 0 Å². The van der Waals surface area contributed by atoms with E-state index < -0.39 is 0 Å². The van der Waals surface area contributed by atoms with E-state index in [0.717, 1.165) is 101 Å². The minimum absolute atomic E-state index is 0.0971. The van der Waals surface area contributed by atoms with Crippen LogP contribution in [0.5, 0.6) is 0 Å². The van der Waals surface area contributed by atoms with Gasteiger partial charge in [-0.1, -0.05) is 186 Å². The van der Waals surface area contributed by atoms with E-state index >= 15 is 0 Å². The summed E-state index contributed by atoms with van der Waals surface area (Å²) in [5, 5.41) is 9.58. The van der Waals surface area contributed by atoms with Crippen molar-refractivity contribution in [1.82, 2.24) is 28.2 Å². The summed E-state index contributed by atoms with van der Waals surface area (Å²) in [6.07, 6.45) is 3.96. The molecule has 15 rings (SSSR count). The molecule has 0 amide bonds. The molecule has 0 saturated heterocycles. The normalized spacial score (nSPS) is 12.9. The summed E-state index contributed by atoms with van der Waals surface area (Å²) < 4.78 is 10.6. The van der Waals surface area contributed by atoms with Crippen LogP contribution in [-0.4, -0.2) is 28.2 Å². The largest absolute Gasteiger partial charge is 0.308 e. The van der Waals surface area contributed by atoms with Gasteiger partial charge in [0.25, 0.3) is 0 Å². The minimum Gasteiger partial charge on any atom is -0.308 e. The number of nitrogens with zero attached hydrogens (tertiary/aromatic N) is 6. The second-order valence-corrected chi connectivity index (χ2v) is 28.8. The molecule has 0 bridgehead atoms. The van der Waals surface area contributed by atoms with Gasteiger partial charge in [0, 0.05) is 83.6 Å². The standard InChI is InChI=1S/C82H76N6/c1-49-31-36-56(50(2)84-49)74-75(85-65-27-19-15-23-57(65)61-45-52(79(3,4)5)32-37-69(61)85)73(51-41-43-83-44-42-51)76(86-66-28-20-16-24-58(66)62-46-53(80(6,7)8)33-38-70(62)86)78(88-68-30-22-18-26-60(68)64-48-55(82(12,13)14)35-40-72(64)88)77(74)87-67-29-21-17-25-59(67)63-47-54(81(9,10)11)34-39-71(63)87/h15-48H,1-14H3. The molecule has 88 heavy (non-hydrogen) atoms. The third-order valence-electron chi connectivity index (χ3n) is 18.9. The molecule has 6 heteroatoms. The van der Waals surface area contributed by atoms with E-state index in [1.54, 1.807) is 0 Å². The highest BCUT2D eigenvalue weighted by Crippen LogP contribution is 2.55. The predicted octanol–water partition coefficient (Wildman–Crippen LogP) is 22.0. The molecule has 0 unspecified atom stereocenters. The van der Waals surface area contributed by atoms with Crippen molar-refractivity contribution < 1.29 is 0 Å². The lowest BCUT2D eigenvalue weighted by Gasteiger charge is -2.32. The van der Waals surface area contributed by atoms with Crippen LogP contribution in [0.1, 0.15) is 117 Å². The molecular weight excluding hydrogens is 1070 g/mol. The van der Waals surface area contributed by atoms with Gasteiger partial charge in [-0.2, -0.15) is 0 Å². The Bertz CT molecular complexity index is 5380. The zero-order chi connectivity index (χ0) is 61.1. The van der Waals surface area contributed by atoms with Crippen molar-refractivity contribution in [2.45, 2.75) is 119 Å². The Morgan fingerprint density at radius 2 is 0.591 bits per heavy atom. The van der Waals surface area contributed by atoms with Gasteiger partial charge in [-0.15, -0.1) is 0 Å². The molecule has 0 radical (unpaired) electrons. The lowest BCUT2D eigenvalue weighted by atomic mass is 9.86. The summed E-state index contributed by atoms with van der Waals surface area (Å²) in [4.78, 5) is 10.3. The molecule has 0 fully saturated rings. The van der Waals surface area contributed by atoms with Gasteiger partial charge in [-0.3, -0.25) is 9.97 Å². The zero-order valence-electron chi connectivity index (χ0n) is 53.3. The number of fused-ring (bicyclic) bond motifs is 12. The molecule has 0 aliphatic rings. The Morgan fingerprint density at radius 3 is 0.932 bits per heavy atom. The van der Waals surface area contributed by atoms with Crippen LogP contribution in [-0.2, 0) is 21.7 Å². The Kier molecular flexibility index (Phi) is 12.2. The van der Waals surface area contributed by atoms with Gasteiger partial charge in [0.2, 0.25) is 0 Å². The maximum Gasteiger partial charge on any atom is 0.0961 e. The molecular formula is C82H76N6. The first kappa shape index (κ1) is 55.1. The third kappa shape index (κ3) is 8.42. The zero-order valence-corrected chi connectivity index (χ0v) is 53.3. The molecule has 6 nitrogen and oxygen atoms in total. The maximum absolute atomic E-state index is 5.49. The fourth-order valence-corrected chi connectivity index (χ4v) is 14.3. The quantitative estimate of drug-likeness (QED) is 0.167. The number of benzene rings is 9. The van der Waals surface area contributed by atoms with Crippen molar-refractivity contribution in [2.75, 3.05) is 0 Å². The van der Waals surface area contributed by atoms with E-state index in [4.69, 9.17) is 9.97 Å². The van der Waals surface area contributed by atoms with Crippen LogP contribution >= 0.6 is 0 Å². The molecule has 0 saturated carbocycles. The van der Waals surface area contributed by atoms with Crippen molar-refractivity contribution in [3.63, 3.8) is 0 Å². The van der Waals surface area contributed by atoms with Gasteiger partial charge in [-0.25, -0.2) is 0 Å². The van der Waals surface area contributed by atoms with E-state index in [0.29, 0.717) is 0 Å². The average molecular weight is 1150 g/mol. The number of rotatable bonds is 6. The van der Waals surface area contributed by atoms with E-state index in [2.05, 4.69) is 309 Å². The van der Waals surface area contributed by atoms with Gasteiger partial charge in [0.15, 0.2) is 0 Å². The van der Waals surface area contributed by atoms with E-state index in [1.165, 1.54) is 65.3 Å². The fourth-order valence-electron chi connectivity index (χ4n) is 14.3. The Morgan fingerprint density at radius 1 is 0.284 bits per heavy atom. The van der Waals surface area contributed by atoms with Gasteiger partial charge >= 0.3 is 0 Å². The molecule has 0 spiro atoms. The van der Waals surface area contributed by atoms with Crippen LogP contribution in [0.4, 0.5) is 0 Å². The van der Waals surface area contributed by atoms with Crippen LogP contribution in [0.2, 0.25) is 0 Å². The summed E-state index contributed by atoms with van der Waals surface area (Å²) in [6, 6.07) is 74.4. The first-order valence-electron chi connectivity index (χ1n) is 31.3. The van der Waals surface area contributed by atoms with Crippen molar-refractivity contribution in [1.29, 1.82) is 0 Å². The second kappa shape index (κ2) is 19.5. The molecule has 0 aliphatic heterocycles. The van der Waals surface area contributed by atoms with Crippen LogP contribution in [0.25, 0.3) is 132 Å². The molecule has 434 valence electrons. The van der Waals surface area contributed by atoms with Crippen LogP contribution in [0, 0.1) is 13.8 Å². The summed E-state index contributed by atoms with van der Waals surface area (Å²) in [5.41, 5.74) is 24.0. The first-order chi connectivity index (χ1) is 42.1. The Hall–Kier alpha value is -9.52. The van der Waals surface area contributed by atoms with Crippen LogP contribution in [0.3, 0.4) is 0 Å². The van der Waals surface area contributed by atoms with Gasteiger partial charge in [0.05, 0.1) is 66.9 Å². The van der Waals surface area contributed by atoms with E-state index in [9.17, 15) is 0 Å². The predicted molar refractivity (Wildman–Crippen MR) is 375 cm³/mol. The number of aromatic nitrogens is 6. The topological polar surface area (TPSA) is 45.5 Å². The Labute approximate surface area is 516 Å². The summed E-state index contributed by atoms with van der Waals surface area (Å²) >= 11 is 0. The SMILES string of the molecule is Cc1ccc(-c2c(-n3c4ccccc4c4cc(C(C)(C)C)ccc43)c(-c3ccncc3)c(-n3c4ccccc4c4cc(C(C)(C)C)ccc43)c(-n3c4ccccc4c4cc(C(C)(C)C)ccc43)c2-n2c3ccccc3c3cc(C(C)(C)C)ccc32)c(C)n1. The number of para-hydroxylation sites is 4. The molecule has 6 heterocycles. The number of hydrogen-bond acceptors (Lipinski definition) is 2. The lowest BCUT2D eigenvalue weighted by molar-refractivity contribution is 0.591. The monoisotopic (exact) mass is 1140 g/mol. The molecule has 0 aliphatic carbocycles. The second-order valence-electron chi connectivity index (χ2n) is 28.8. The number of aryl methyl sites for hydroxylation is 2. The van der Waals surface area contributed by atoms with Crippen molar-refractivity contribution >= 4 is 87.2 Å². The van der Waals surface area contributed by atoms with E-state index in [-0.39, 0.29) is 21.7 Å². The number of pyridine rings is 2. The minimum atomic E-state index is -0.105. The van der Waals surface area contributed by atoms with Crippen molar-refractivity contribution in [2.24, 2.45) is 0 Å². The average Bonchev–Trinajstić information content (AvgIpc) is 1.41. The lowest BCUT2D eigenvalue weighted by Crippen LogP contribution is -2.17. The molecule has 0 atom stereocenters. The third-order valence-corrected chi connectivity index (χ3v) is 18.9. The van der Waals surface area contributed by atoms with E-state index in [1.807, 2.05) is 12.4 Å². The Balaban J connectivity index is 1.33. The van der Waals surface area contributed by atoms with Crippen LogP contribution in [0.15, 0.2) is 207 Å². The molecule has 9 aromatic carbocycles. The molecule has 0 N–H and O–H groups in total. The van der Waals surface area contributed by atoms with Gasteiger partial charge < -0.3 is 18.3 Å². The highest BCUT2D eigenvalue weighted by molar-refractivity contribution is 6.19. The van der Waals surface area contributed by atoms with Crippen LogP contribution < -0.4 is 0 Å². The smallest absolute Gasteiger partial charge is 0.0961 e. The summed E-state index contributed by atoms with van der Waals surface area (Å²) in [5.74, 6) is 0. The summed E-state index contributed by atoms with van der Waals surface area (Å²) in [7, 11) is 0. The fraction of sp³-hybridized carbons (Fsp3) is 0.220. The highest BCUT2D eigenvalue weighted by Gasteiger charge is 2.37. The molecule has 15 aromatic rings. The van der Waals surface area contributed by atoms with Crippen molar-refractivity contribution in [3.8, 4) is 45.0 Å². The maximum atomic E-state index is 5.49.